The number of amides is 2. The molecule has 3 aromatic rings. The number of hydrogen-bond donors (Lipinski definition) is 2. The van der Waals surface area contributed by atoms with Crippen LogP contribution in [-0.2, 0) is 6.54 Å². The van der Waals surface area contributed by atoms with Crippen molar-refractivity contribution in [2.45, 2.75) is 13.5 Å². The molecule has 2 N–H and O–H groups in total. The van der Waals surface area contributed by atoms with Crippen LogP contribution in [0.3, 0.4) is 0 Å². The number of carbonyl (C=O) groups is 2. The van der Waals surface area contributed by atoms with Gasteiger partial charge in [-0.25, -0.2) is 4.39 Å². The van der Waals surface area contributed by atoms with Gasteiger partial charge in [0.15, 0.2) is 0 Å². The summed E-state index contributed by atoms with van der Waals surface area (Å²) in [5.41, 5.74) is 2.90. The van der Waals surface area contributed by atoms with Crippen molar-refractivity contribution < 1.29 is 14.0 Å². The Morgan fingerprint density at radius 2 is 1.64 bits per heavy atom. The molecule has 3 aromatic carbocycles. The maximum atomic E-state index is 13.2. The minimum atomic E-state index is -0.530. The zero-order chi connectivity index (χ0) is 20.1. The molecule has 0 radical (unpaired) electrons. The first-order valence-corrected chi connectivity index (χ1v) is 9.01. The van der Waals surface area contributed by atoms with Gasteiger partial charge in [-0.3, -0.25) is 9.59 Å². The fourth-order valence-corrected chi connectivity index (χ4v) is 2.89. The monoisotopic (exact) mass is 396 g/mol. The molecule has 0 unspecified atom stereocenters. The van der Waals surface area contributed by atoms with Crippen molar-refractivity contribution in [1.82, 2.24) is 5.32 Å². The smallest absolute Gasteiger partial charge is 0.257 e. The van der Waals surface area contributed by atoms with E-state index in [0.717, 1.165) is 23.3 Å². The largest absolute Gasteiger partial charge is 0.348 e. The lowest BCUT2D eigenvalue weighted by molar-refractivity contribution is 0.0952. The van der Waals surface area contributed by atoms with Crippen molar-refractivity contribution in [1.29, 1.82) is 0 Å². The SMILES string of the molecule is Cc1ccc(CNC(=O)c2ccccc2NC(=O)c2ccc(F)cc2Cl)cc1. The van der Waals surface area contributed by atoms with E-state index < -0.39 is 11.7 Å². The summed E-state index contributed by atoms with van der Waals surface area (Å²) < 4.78 is 13.2. The first kappa shape index (κ1) is 19.6. The number of hydrogen-bond acceptors (Lipinski definition) is 2. The quantitative estimate of drug-likeness (QED) is 0.639. The summed E-state index contributed by atoms with van der Waals surface area (Å²) >= 11 is 5.94. The molecule has 4 nitrogen and oxygen atoms in total. The normalized spacial score (nSPS) is 10.4. The van der Waals surface area contributed by atoms with Crippen LogP contribution in [-0.4, -0.2) is 11.8 Å². The van der Waals surface area contributed by atoms with Gasteiger partial charge in [0.25, 0.3) is 11.8 Å². The molecule has 0 spiro atoms. The minimum Gasteiger partial charge on any atom is -0.348 e. The predicted octanol–water partition coefficient (Wildman–Crippen LogP) is 4.97. The summed E-state index contributed by atoms with van der Waals surface area (Å²) in [5, 5.41) is 5.51. The Kier molecular flexibility index (Phi) is 6.06. The second kappa shape index (κ2) is 8.67. The van der Waals surface area contributed by atoms with Gasteiger partial charge in [0.2, 0.25) is 0 Å². The number of aryl methyl sites for hydroxylation is 1. The highest BCUT2D eigenvalue weighted by Crippen LogP contribution is 2.21. The van der Waals surface area contributed by atoms with Crippen LogP contribution in [0, 0.1) is 12.7 Å². The molecule has 0 heterocycles. The fourth-order valence-electron chi connectivity index (χ4n) is 2.64. The molecule has 0 bridgehead atoms. The number of carbonyl (C=O) groups excluding carboxylic acids is 2. The molecular weight excluding hydrogens is 379 g/mol. The van der Waals surface area contributed by atoms with Crippen molar-refractivity contribution in [3.8, 4) is 0 Å². The molecular formula is C22H18ClFN2O2. The van der Waals surface area contributed by atoms with Crippen LogP contribution in [0.2, 0.25) is 5.02 Å². The van der Waals surface area contributed by atoms with Crippen molar-refractivity contribution in [2.75, 3.05) is 5.32 Å². The summed E-state index contributed by atoms with van der Waals surface area (Å²) in [5.74, 6) is -1.37. The van der Waals surface area contributed by atoms with E-state index in [-0.39, 0.29) is 16.5 Å². The standard InChI is InChI=1S/C22H18ClFN2O2/c1-14-6-8-15(9-7-14)13-25-21(27)18-4-2-3-5-20(18)26-22(28)17-11-10-16(24)12-19(17)23/h2-12H,13H2,1H3,(H,25,27)(H,26,28). The molecule has 3 rings (SSSR count). The van der Waals surface area contributed by atoms with Gasteiger partial charge < -0.3 is 10.6 Å². The van der Waals surface area contributed by atoms with E-state index in [9.17, 15) is 14.0 Å². The summed E-state index contributed by atoms with van der Waals surface area (Å²) in [6.07, 6.45) is 0. The Labute approximate surface area is 167 Å². The molecule has 28 heavy (non-hydrogen) atoms. The van der Waals surface area contributed by atoms with E-state index in [1.54, 1.807) is 24.3 Å². The van der Waals surface area contributed by atoms with Crippen LogP contribution in [0.5, 0.6) is 0 Å². The molecule has 0 fully saturated rings. The van der Waals surface area contributed by atoms with Crippen LogP contribution in [0.1, 0.15) is 31.8 Å². The van der Waals surface area contributed by atoms with Gasteiger partial charge in [0, 0.05) is 6.54 Å². The average Bonchev–Trinajstić information content (AvgIpc) is 2.67. The number of rotatable bonds is 5. The summed E-state index contributed by atoms with van der Waals surface area (Å²) in [7, 11) is 0. The minimum absolute atomic E-state index is 0.00111. The zero-order valence-corrected chi connectivity index (χ0v) is 15.9. The zero-order valence-electron chi connectivity index (χ0n) is 15.1. The molecule has 142 valence electrons. The molecule has 0 aliphatic heterocycles. The lowest BCUT2D eigenvalue weighted by atomic mass is 10.1. The third-order valence-electron chi connectivity index (χ3n) is 4.17. The van der Waals surface area contributed by atoms with Gasteiger partial charge in [0.05, 0.1) is 21.8 Å². The van der Waals surface area contributed by atoms with Crippen molar-refractivity contribution in [3.63, 3.8) is 0 Å². The Morgan fingerprint density at radius 3 is 2.36 bits per heavy atom. The summed E-state index contributed by atoms with van der Waals surface area (Å²) in [4.78, 5) is 25.1. The van der Waals surface area contributed by atoms with Crippen molar-refractivity contribution in [3.05, 3.63) is 99.8 Å². The Balaban J connectivity index is 1.74. The molecule has 0 aliphatic rings. The van der Waals surface area contributed by atoms with E-state index in [2.05, 4.69) is 10.6 Å². The second-order valence-electron chi connectivity index (χ2n) is 6.29. The summed E-state index contributed by atoms with van der Waals surface area (Å²) in [6, 6.07) is 18.0. The first-order chi connectivity index (χ1) is 13.4. The lowest BCUT2D eigenvalue weighted by Gasteiger charge is -2.12. The topological polar surface area (TPSA) is 58.2 Å². The molecule has 0 aromatic heterocycles. The summed E-state index contributed by atoms with van der Waals surface area (Å²) in [6.45, 7) is 2.36. The number of anilines is 1. The molecule has 0 aliphatic carbocycles. The first-order valence-electron chi connectivity index (χ1n) is 8.63. The maximum absolute atomic E-state index is 13.2. The highest BCUT2D eigenvalue weighted by Gasteiger charge is 2.16. The van der Waals surface area contributed by atoms with E-state index in [0.29, 0.717) is 17.8 Å². The number of benzene rings is 3. The highest BCUT2D eigenvalue weighted by atomic mass is 35.5. The molecule has 0 atom stereocenters. The van der Waals surface area contributed by atoms with Crippen LogP contribution < -0.4 is 10.6 Å². The molecule has 2 amide bonds. The van der Waals surface area contributed by atoms with Gasteiger partial charge in [-0.2, -0.15) is 0 Å². The Hall–Kier alpha value is -3.18. The van der Waals surface area contributed by atoms with Gasteiger partial charge in [-0.05, 0) is 42.8 Å². The Morgan fingerprint density at radius 1 is 0.929 bits per heavy atom. The number of halogens is 2. The highest BCUT2D eigenvalue weighted by molar-refractivity contribution is 6.34. The molecule has 0 saturated carbocycles. The van der Waals surface area contributed by atoms with Gasteiger partial charge in [0.1, 0.15) is 5.82 Å². The Bertz CT molecular complexity index is 1020. The maximum Gasteiger partial charge on any atom is 0.257 e. The average molecular weight is 397 g/mol. The van der Waals surface area contributed by atoms with E-state index in [1.165, 1.54) is 6.07 Å². The molecule has 6 heteroatoms. The lowest BCUT2D eigenvalue weighted by Crippen LogP contribution is -2.25. The van der Waals surface area contributed by atoms with Crippen LogP contribution in [0.25, 0.3) is 0 Å². The van der Waals surface area contributed by atoms with Gasteiger partial charge >= 0.3 is 0 Å². The molecule has 0 saturated heterocycles. The number of para-hydroxylation sites is 1. The van der Waals surface area contributed by atoms with Crippen molar-refractivity contribution >= 4 is 29.1 Å². The van der Waals surface area contributed by atoms with Crippen molar-refractivity contribution in [2.24, 2.45) is 0 Å². The fraction of sp³-hybridized carbons (Fsp3) is 0.0909. The van der Waals surface area contributed by atoms with Crippen LogP contribution >= 0.6 is 11.6 Å². The van der Waals surface area contributed by atoms with E-state index >= 15 is 0 Å². The van der Waals surface area contributed by atoms with Gasteiger partial charge in [-0.1, -0.05) is 53.6 Å². The second-order valence-corrected chi connectivity index (χ2v) is 6.70. The van der Waals surface area contributed by atoms with E-state index in [4.69, 9.17) is 11.6 Å². The van der Waals surface area contributed by atoms with Crippen LogP contribution in [0.4, 0.5) is 10.1 Å². The third kappa shape index (κ3) is 4.75. The van der Waals surface area contributed by atoms with Crippen LogP contribution in [0.15, 0.2) is 66.7 Å². The number of nitrogens with one attached hydrogen (secondary N) is 2. The van der Waals surface area contributed by atoms with E-state index in [1.807, 2.05) is 31.2 Å². The van der Waals surface area contributed by atoms with Gasteiger partial charge in [-0.15, -0.1) is 0 Å². The third-order valence-corrected chi connectivity index (χ3v) is 4.48. The predicted molar refractivity (Wildman–Crippen MR) is 108 cm³/mol.